The standard InChI is InChI=1S/C25H35N5O3/c1-7-17-15-26-20(14-19(17)16(3)33-8-2)27-21-13-18-9-10-30(11-12-31)24(32)22(18)23(28-21)29-25(4,5)6/h9-10,13-14,17,31H,3,7-8,11-12,15H2,1-2,4-6H3,(H2,26,27,28,29). The lowest BCUT2D eigenvalue weighted by Crippen LogP contribution is -2.29. The number of hydrogen-bond donors (Lipinski definition) is 3. The summed E-state index contributed by atoms with van der Waals surface area (Å²) < 4.78 is 7.16. The van der Waals surface area contributed by atoms with Gasteiger partial charge in [-0.05, 0) is 57.7 Å². The van der Waals surface area contributed by atoms with Gasteiger partial charge in [0.05, 0.1) is 18.6 Å². The van der Waals surface area contributed by atoms with Crippen LogP contribution in [0.2, 0.25) is 0 Å². The van der Waals surface area contributed by atoms with Crippen molar-refractivity contribution in [2.75, 3.05) is 30.4 Å². The lowest BCUT2D eigenvalue weighted by molar-refractivity contribution is 0.232. The van der Waals surface area contributed by atoms with Gasteiger partial charge in [-0.15, -0.1) is 0 Å². The molecule has 0 bridgehead atoms. The van der Waals surface area contributed by atoms with Crippen LogP contribution in [-0.2, 0) is 11.3 Å². The Bertz CT molecular complexity index is 1140. The molecule has 0 fully saturated rings. The van der Waals surface area contributed by atoms with Crippen LogP contribution in [0, 0.1) is 5.92 Å². The Balaban J connectivity index is 2.03. The van der Waals surface area contributed by atoms with Crippen LogP contribution in [0.4, 0.5) is 11.6 Å². The number of aliphatic hydroxyl groups excluding tert-OH is 1. The molecule has 0 aliphatic carbocycles. The highest BCUT2D eigenvalue weighted by molar-refractivity contribution is 6.06. The quantitative estimate of drug-likeness (QED) is 0.524. The third-order valence-electron chi connectivity index (χ3n) is 5.40. The summed E-state index contributed by atoms with van der Waals surface area (Å²) in [4.78, 5) is 22.5. The first kappa shape index (κ1) is 24.5. The van der Waals surface area contributed by atoms with Crippen molar-refractivity contribution >= 4 is 28.2 Å². The number of nitrogens with one attached hydrogen (secondary N) is 2. The lowest BCUT2D eigenvalue weighted by atomic mass is 9.92. The van der Waals surface area contributed by atoms with E-state index in [4.69, 9.17) is 9.72 Å². The van der Waals surface area contributed by atoms with E-state index in [1.807, 2.05) is 45.9 Å². The maximum Gasteiger partial charge on any atom is 0.262 e. The maximum atomic E-state index is 13.1. The summed E-state index contributed by atoms with van der Waals surface area (Å²) in [6.45, 7) is 15.5. The van der Waals surface area contributed by atoms with E-state index in [9.17, 15) is 9.90 Å². The smallest absolute Gasteiger partial charge is 0.262 e. The first-order valence-corrected chi connectivity index (χ1v) is 11.4. The summed E-state index contributed by atoms with van der Waals surface area (Å²) in [7, 11) is 0. The molecule has 3 N–H and O–H groups in total. The number of aliphatic imine (C=N–C) groups is 1. The summed E-state index contributed by atoms with van der Waals surface area (Å²) >= 11 is 0. The monoisotopic (exact) mass is 453 g/mol. The Morgan fingerprint density at radius 1 is 1.36 bits per heavy atom. The van der Waals surface area contributed by atoms with Crippen LogP contribution < -0.4 is 16.2 Å². The topological polar surface area (TPSA) is 101 Å². The number of hydrogen-bond acceptors (Lipinski definition) is 7. The van der Waals surface area contributed by atoms with E-state index >= 15 is 0 Å². The van der Waals surface area contributed by atoms with Gasteiger partial charge in [-0.1, -0.05) is 13.5 Å². The normalized spacial score (nSPS) is 16.2. The fourth-order valence-electron chi connectivity index (χ4n) is 3.84. The van der Waals surface area contributed by atoms with E-state index in [0.29, 0.717) is 41.8 Å². The van der Waals surface area contributed by atoms with Gasteiger partial charge in [0.1, 0.15) is 23.2 Å². The summed E-state index contributed by atoms with van der Waals surface area (Å²) in [5.41, 5.74) is 0.544. The van der Waals surface area contributed by atoms with Crippen LogP contribution in [0.1, 0.15) is 41.0 Å². The number of dihydropyridines is 1. The first-order chi connectivity index (χ1) is 15.7. The second kappa shape index (κ2) is 10.2. The van der Waals surface area contributed by atoms with Gasteiger partial charge in [-0.25, -0.2) is 4.98 Å². The molecule has 0 spiro atoms. The van der Waals surface area contributed by atoms with Gasteiger partial charge < -0.3 is 25.0 Å². The highest BCUT2D eigenvalue weighted by Gasteiger charge is 2.22. The number of allylic oxidation sites excluding steroid dienone is 1. The molecule has 3 rings (SSSR count). The zero-order valence-corrected chi connectivity index (χ0v) is 20.2. The van der Waals surface area contributed by atoms with Crippen molar-refractivity contribution in [3.8, 4) is 0 Å². The number of ether oxygens (including phenoxy) is 1. The fraction of sp³-hybridized carbons (Fsp3) is 0.480. The number of nitrogens with zero attached hydrogens (tertiary/aromatic N) is 3. The highest BCUT2D eigenvalue weighted by atomic mass is 16.5. The van der Waals surface area contributed by atoms with E-state index in [0.717, 1.165) is 17.4 Å². The lowest BCUT2D eigenvalue weighted by Gasteiger charge is -2.25. The van der Waals surface area contributed by atoms with Crippen LogP contribution in [-0.4, -0.2) is 45.8 Å². The molecule has 8 nitrogen and oxygen atoms in total. The molecule has 0 radical (unpaired) electrons. The number of anilines is 2. The summed E-state index contributed by atoms with van der Waals surface area (Å²) in [5.74, 6) is 2.69. The molecule has 0 saturated heterocycles. The second-order valence-corrected chi connectivity index (χ2v) is 9.15. The predicted molar refractivity (Wildman–Crippen MR) is 135 cm³/mol. The SMILES string of the molecule is C=C(OCC)C1=CC(Nc2cc3ccn(CCO)c(=O)c3c(NC(C)(C)C)n2)=NCC1CC. The van der Waals surface area contributed by atoms with Crippen LogP contribution in [0.25, 0.3) is 10.8 Å². The molecule has 2 aromatic rings. The van der Waals surface area contributed by atoms with Crippen molar-refractivity contribution < 1.29 is 9.84 Å². The first-order valence-electron chi connectivity index (χ1n) is 11.4. The van der Waals surface area contributed by atoms with Gasteiger partial charge in [0.25, 0.3) is 5.56 Å². The molecule has 1 unspecified atom stereocenters. The average molecular weight is 454 g/mol. The molecular formula is C25H35N5O3. The molecule has 1 atom stereocenters. The molecule has 2 aromatic heterocycles. The van der Waals surface area contributed by atoms with Gasteiger partial charge in [-0.3, -0.25) is 9.79 Å². The third-order valence-corrected chi connectivity index (χ3v) is 5.40. The molecule has 33 heavy (non-hydrogen) atoms. The minimum absolute atomic E-state index is 0.110. The largest absolute Gasteiger partial charge is 0.494 e. The van der Waals surface area contributed by atoms with Crippen molar-refractivity contribution in [1.82, 2.24) is 9.55 Å². The summed E-state index contributed by atoms with van der Waals surface area (Å²) in [6, 6.07) is 3.70. The van der Waals surface area contributed by atoms with E-state index in [2.05, 4.69) is 29.1 Å². The minimum Gasteiger partial charge on any atom is -0.494 e. The predicted octanol–water partition coefficient (Wildman–Crippen LogP) is 3.93. The molecule has 3 heterocycles. The zero-order valence-electron chi connectivity index (χ0n) is 20.2. The molecule has 1 aliphatic rings. The number of rotatable bonds is 8. The van der Waals surface area contributed by atoms with Gasteiger partial charge in [0.2, 0.25) is 0 Å². The Morgan fingerprint density at radius 3 is 2.76 bits per heavy atom. The second-order valence-electron chi connectivity index (χ2n) is 9.15. The Morgan fingerprint density at radius 2 is 2.12 bits per heavy atom. The van der Waals surface area contributed by atoms with E-state index in [1.165, 1.54) is 4.57 Å². The highest BCUT2D eigenvalue weighted by Crippen LogP contribution is 2.28. The molecular weight excluding hydrogens is 418 g/mol. The van der Waals surface area contributed by atoms with Crippen LogP contribution in [0.15, 0.2) is 52.1 Å². The maximum absolute atomic E-state index is 13.1. The number of pyridine rings is 2. The number of aliphatic hydroxyl groups is 1. The van der Waals surface area contributed by atoms with Gasteiger partial charge in [0.15, 0.2) is 0 Å². The molecule has 178 valence electrons. The zero-order chi connectivity index (χ0) is 24.2. The van der Waals surface area contributed by atoms with Gasteiger partial charge in [0, 0.05) is 36.3 Å². The average Bonchev–Trinajstić information content (AvgIpc) is 2.74. The van der Waals surface area contributed by atoms with E-state index in [1.54, 1.807) is 6.20 Å². The molecule has 8 heteroatoms. The van der Waals surface area contributed by atoms with Crippen molar-refractivity contribution in [1.29, 1.82) is 0 Å². The van der Waals surface area contributed by atoms with E-state index < -0.39 is 0 Å². The van der Waals surface area contributed by atoms with Crippen molar-refractivity contribution in [2.24, 2.45) is 10.9 Å². The fourth-order valence-corrected chi connectivity index (χ4v) is 3.84. The van der Waals surface area contributed by atoms with Gasteiger partial charge in [-0.2, -0.15) is 0 Å². The summed E-state index contributed by atoms with van der Waals surface area (Å²) in [5, 5.41) is 17.2. The molecule has 1 aliphatic heterocycles. The number of fused-ring (bicyclic) bond motifs is 1. The Hall–Kier alpha value is -3.13. The van der Waals surface area contributed by atoms with Crippen LogP contribution >= 0.6 is 0 Å². The molecule has 0 saturated carbocycles. The molecule has 0 amide bonds. The molecule has 0 aromatic carbocycles. The van der Waals surface area contributed by atoms with Crippen molar-refractivity contribution in [2.45, 2.75) is 53.1 Å². The summed E-state index contributed by atoms with van der Waals surface area (Å²) in [6.07, 6.45) is 4.61. The number of aromatic nitrogens is 2. The third kappa shape index (κ3) is 5.82. The van der Waals surface area contributed by atoms with E-state index in [-0.39, 0.29) is 30.2 Å². The van der Waals surface area contributed by atoms with Crippen molar-refractivity contribution in [3.05, 3.63) is 52.7 Å². The van der Waals surface area contributed by atoms with Crippen LogP contribution in [0.5, 0.6) is 0 Å². The number of amidine groups is 1. The van der Waals surface area contributed by atoms with Crippen LogP contribution in [0.3, 0.4) is 0 Å². The van der Waals surface area contributed by atoms with Gasteiger partial charge >= 0.3 is 0 Å². The Kier molecular flexibility index (Phi) is 7.58. The van der Waals surface area contributed by atoms with Crippen molar-refractivity contribution in [3.63, 3.8) is 0 Å². The Labute approximate surface area is 195 Å². The minimum atomic E-state index is -0.304.